The van der Waals surface area contributed by atoms with E-state index in [1.807, 2.05) is 0 Å². The third-order valence-electron chi connectivity index (χ3n) is 2.96. The first kappa shape index (κ1) is 14.2. The van der Waals surface area contributed by atoms with Crippen LogP contribution in [0.25, 0.3) is 0 Å². The van der Waals surface area contributed by atoms with Gasteiger partial charge in [0.1, 0.15) is 0 Å². The standard InChI is InChI=1S/C12H9N5O4S/c18-10-9(11(19)16-5-6-22-12(16)13-10)15-14-7-1-3-8(4-2-7)17(20)21/h1-4,18H,5-6H2. The normalized spacial score (nSPS) is 13.5. The predicted molar refractivity (Wildman–Crippen MR) is 78.2 cm³/mol. The summed E-state index contributed by atoms with van der Waals surface area (Å²) in [7, 11) is 0. The van der Waals surface area contributed by atoms with E-state index in [9.17, 15) is 20.0 Å². The van der Waals surface area contributed by atoms with E-state index in [-0.39, 0.29) is 11.4 Å². The second-order valence-electron chi connectivity index (χ2n) is 4.35. The minimum Gasteiger partial charge on any atom is -0.491 e. The van der Waals surface area contributed by atoms with Gasteiger partial charge in [-0.2, -0.15) is 10.1 Å². The van der Waals surface area contributed by atoms with Gasteiger partial charge in [-0.05, 0) is 12.1 Å². The van der Waals surface area contributed by atoms with Gasteiger partial charge in [-0.25, -0.2) is 0 Å². The van der Waals surface area contributed by atoms with Gasteiger partial charge in [0.2, 0.25) is 11.6 Å². The lowest BCUT2D eigenvalue weighted by Crippen LogP contribution is -2.19. The van der Waals surface area contributed by atoms with Crippen LogP contribution in [0.5, 0.6) is 5.88 Å². The van der Waals surface area contributed by atoms with E-state index in [4.69, 9.17) is 0 Å². The van der Waals surface area contributed by atoms with E-state index in [1.165, 1.54) is 40.6 Å². The van der Waals surface area contributed by atoms with Crippen molar-refractivity contribution in [2.24, 2.45) is 10.2 Å². The number of thioether (sulfide) groups is 1. The molecule has 112 valence electrons. The minimum absolute atomic E-state index is 0.0712. The first-order valence-electron chi connectivity index (χ1n) is 6.19. The fourth-order valence-corrected chi connectivity index (χ4v) is 2.82. The van der Waals surface area contributed by atoms with Gasteiger partial charge >= 0.3 is 0 Å². The number of aromatic hydroxyl groups is 1. The zero-order valence-corrected chi connectivity index (χ0v) is 11.9. The van der Waals surface area contributed by atoms with Gasteiger partial charge in [0, 0.05) is 24.4 Å². The van der Waals surface area contributed by atoms with Crippen LogP contribution in [0.1, 0.15) is 0 Å². The molecule has 0 spiro atoms. The number of azo groups is 1. The molecule has 1 aromatic carbocycles. The summed E-state index contributed by atoms with van der Waals surface area (Å²) in [6, 6.07) is 5.34. The maximum atomic E-state index is 12.2. The van der Waals surface area contributed by atoms with Crippen molar-refractivity contribution in [3.05, 3.63) is 44.7 Å². The molecule has 3 rings (SSSR count). The Morgan fingerprint density at radius 2 is 2.05 bits per heavy atom. The molecular formula is C12H9N5O4S. The molecule has 0 fully saturated rings. The molecule has 22 heavy (non-hydrogen) atoms. The molecule has 1 aliphatic rings. The molecule has 2 heterocycles. The molecule has 0 saturated heterocycles. The van der Waals surface area contributed by atoms with Gasteiger partial charge in [-0.3, -0.25) is 19.5 Å². The third kappa shape index (κ3) is 2.55. The number of hydrogen-bond acceptors (Lipinski definition) is 8. The minimum atomic E-state index is -0.527. The molecule has 9 nitrogen and oxygen atoms in total. The highest BCUT2D eigenvalue weighted by Gasteiger charge is 2.20. The maximum absolute atomic E-state index is 12.2. The summed E-state index contributed by atoms with van der Waals surface area (Å²) in [5.74, 6) is 0.237. The van der Waals surface area contributed by atoms with Crippen molar-refractivity contribution in [1.29, 1.82) is 0 Å². The smallest absolute Gasteiger partial charge is 0.286 e. The molecule has 2 aromatic rings. The van der Waals surface area contributed by atoms with E-state index >= 15 is 0 Å². The van der Waals surface area contributed by atoms with Crippen molar-refractivity contribution in [3.63, 3.8) is 0 Å². The largest absolute Gasteiger partial charge is 0.491 e. The molecule has 0 unspecified atom stereocenters. The molecule has 0 atom stereocenters. The second-order valence-corrected chi connectivity index (χ2v) is 5.41. The number of fused-ring (bicyclic) bond motifs is 1. The molecular weight excluding hydrogens is 310 g/mol. The van der Waals surface area contributed by atoms with Crippen LogP contribution < -0.4 is 5.56 Å². The summed E-state index contributed by atoms with van der Waals surface area (Å²) >= 11 is 1.38. The molecule has 1 aliphatic heterocycles. The average molecular weight is 319 g/mol. The molecule has 1 aromatic heterocycles. The van der Waals surface area contributed by atoms with E-state index in [1.54, 1.807) is 0 Å². The maximum Gasteiger partial charge on any atom is 0.286 e. The SMILES string of the molecule is O=c1c(N=Nc2ccc([N+](=O)[O-])cc2)c(O)nc2n1CCS2. The van der Waals surface area contributed by atoms with Crippen LogP contribution in [0, 0.1) is 10.1 Å². The fraction of sp³-hybridized carbons (Fsp3) is 0.167. The number of rotatable bonds is 3. The Kier molecular flexibility index (Phi) is 3.59. The monoisotopic (exact) mass is 319 g/mol. The number of nitro benzene ring substituents is 1. The highest BCUT2D eigenvalue weighted by atomic mass is 32.2. The van der Waals surface area contributed by atoms with Crippen molar-refractivity contribution in [2.75, 3.05) is 5.75 Å². The first-order valence-corrected chi connectivity index (χ1v) is 7.17. The molecule has 0 radical (unpaired) electrons. The summed E-state index contributed by atoms with van der Waals surface area (Å²) in [6.07, 6.45) is 0. The van der Waals surface area contributed by atoms with Crippen molar-refractivity contribution in [3.8, 4) is 5.88 Å². The topological polar surface area (TPSA) is 123 Å². The zero-order valence-electron chi connectivity index (χ0n) is 11.0. The average Bonchev–Trinajstić information content (AvgIpc) is 2.96. The van der Waals surface area contributed by atoms with Gasteiger partial charge < -0.3 is 5.11 Å². The lowest BCUT2D eigenvalue weighted by molar-refractivity contribution is -0.384. The van der Waals surface area contributed by atoms with Crippen LogP contribution in [0.15, 0.2) is 44.4 Å². The van der Waals surface area contributed by atoms with Gasteiger partial charge in [0.25, 0.3) is 11.2 Å². The third-order valence-corrected chi connectivity index (χ3v) is 3.92. The van der Waals surface area contributed by atoms with Crippen LogP contribution >= 0.6 is 11.8 Å². The summed E-state index contributed by atoms with van der Waals surface area (Å²) in [5.41, 5.74) is -0.454. The summed E-state index contributed by atoms with van der Waals surface area (Å²) < 4.78 is 1.43. The number of nitro groups is 1. The van der Waals surface area contributed by atoms with Crippen molar-refractivity contribution in [2.45, 2.75) is 11.7 Å². The molecule has 0 saturated carbocycles. The quantitative estimate of drug-likeness (QED) is 0.401. The first-order chi connectivity index (χ1) is 10.6. The highest BCUT2D eigenvalue weighted by Crippen LogP contribution is 2.29. The molecule has 0 amide bonds. The zero-order chi connectivity index (χ0) is 15.7. The number of hydrogen-bond donors (Lipinski definition) is 1. The van der Waals surface area contributed by atoms with Gasteiger partial charge in [-0.15, -0.1) is 5.11 Å². The van der Waals surface area contributed by atoms with Crippen molar-refractivity contribution < 1.29 is 10.0 Å². The van der Waals surface area contributed by atoms with Gasteiger partial charge in [0.05, 0.1) is 10.6 Å². The molecule has 1 N–H and O–H groups in total. The van der Waals surface area contributed by atoms with Crippen LogP contribution in [-0.4, -0.2) is 25.3 Å². The van der Waals surface area contributed by atoms with Crippen LogP contribution in [0.4, 0.5) is 17.1 Å². The van der Waals surface area contributed by atoms with E-state index in [0.29, 0.717) is 23.1 Å². The Balaban J connectivity index is 1.93. The Labute approximate surface area is 127 Å². The van der Waals surface area contributed by atoms with Crippen LogP contribution in [0.3, 0.4) is 0 Å². The van der Waals surface area contributed by atoms with E-state index in [2.05, 4.69) is 15.2 Å². The number of non-ortho nitro benzene ring substituents is 1. The predicted octanol–water partition coefficient (Wildman–Crippen LogP) is 2.38. The second kappa shape index (κ2) is 5.56. The molecule has 10 heteroatoms. The van der Waals surface area contributed by atoms with Gasteiger partial charge in [0.15, 0.2) is 5.16 Å². The highest BCUT2D eigenvalue weighted by molar-refractivity contribution is 7.99. The van der Waals surface area contributed by atoms with Gasteiger partial charge in [-0.1, -0.05) is 11.8 Å². The lowest BCUT2D eigenvalue weighted by Gasteiger charge is -2.03. The Hall–Kier alpha value is -2.75. The van der Waals surface area contributed by atoms with Crippen molar-refractivity contribution in [1.82, 2.24) is 9.55 Å². The fourth-order valence-electron chi connectivity index (χ4n) is 1.89. The summed E-state index contributed by atoms with van der Waals surface area (Å²) in [6.45, 7) is 0.506. The Bertz CT molecular complexity index is 831. The Morgan fingerprint density at radius 3 is 2.73 bits per heavy atom. The molecule has 0 aliphatic carbocycles. The van der Waals surface area contributed by atoms with E-state index in [0.717, 1.165) is 0 Å². The Morgan fingerprint density at radius 1 is 1.32 bits per heavy atom. The number of aromatic nitrogens is 2. The number of nitrogens with zero attached hydrogens (tertiary/aromatic N) is 5. The number of benzene rings is 1. The molecule has 0 bridgehead atoms. The summed E-state index contributed by atoms with van der Waals surface area (Å²) in [5, 5.41) is 28.3. The summed E-state index contributed by atoms with van der Waals surface area (Å²) in [4.78, 5) is 26.1. The van der Waals surface area contributed by atoms with Crippen LogP contribution in [-0.2, 0) is 6.54 Å². The lowest BCUT2D eigenvalue weighted by atomic mass is 10.3. The van der Waals surface area contributed by atoms with Crippen molar-refractivity contribution >= 4 is 28.8 Å². The van der Waals surface area contributed by atoms with Crippen LogP contribution in [0.2, 0.25) is 0 Å². The van der Waals surface area contributed by atoms with E-state index < -0.39 is 16.4 Å².